The monoisotopic (exact) mass is 318 g/mol. The lowest BCUT2D eigenvalue weighted by Gasteiger charge is -2.11. The van der Waals surface area contributed by atoms with Gasteiger partial charge in [0.15, 0.2) is 11.5 Å². The van der Waals surface area contributed by atoms with E-state index in [0.29, 0.717) is 23.7 Å². The first-order valence-electron chi connectivity index (χ1n) is 7.03. The number of nitrogens with zero attached hydrogens (tertiary/aromatic N) is 2. The van der Waals surface area contributed by atoms with Gasteiger partial charge >= 0.3 is 0 Å². The minimum absolute atomic E-state index is 0.00135. The van der Waals surface area contributed by atoms with Crippen LogP contribution in [0.5, 0.6) is 11.5 Å². The van der Waals surface area contributed by atoms with Crippen molar-refractivity contribution in [3.05, 3.63) is 30.0 Å². The topological polar surface area (TPSA) is 86.6 Å². The van der Waals surface area contributed by atoms with E-state index in [1.165, 1.54) is 20.4 Å². The molecule has 0 heterocycles. The van der Waals surface area contributed by atoms with Gasteiger partial charge in [-0.05, 0) is 26.2 Å². The highest BCUT2D eigenvalue weighted by Crippen LogP contribution is 2.29. The highest BCUT2D eigenvalue weighted by molar-refractivity contribution is 6.06. The van der Waals surface area contributed by atoms with Crippen LogP contribution in [-0.2, 0) is 4.79 Å². The third-order valence-electron chi connectivity index (χ3n) is 2.96. The number of benzene rings is 1. The molecule has 2 N–H and O–H groups in total. The van der Waals surface area contributed by atoms with Crippen LogP contribution in [0.3, 0.4) is 0 Å². The average Bonchev–Trinajstić information content (AvgIpc) is 2.54. The van der Waals surface area contributed by atoms with Crippen molar-refractivity contribution >= 4 is 11.6 Å². The van der Waals surface area contributed by atoms with Crippen molar-refractivity contribution in [2.24, 2.45) is 0 Å². The van der Waals surface area contributed by atoms with E-state index in [-0.39, 0.29) is 5.57 Å². The summed E-state index contributed by atoms with van der Waals surface area (Å²) in [6.45, 7) is 1.44. The maximum Gasteiger partial charge on any atom is 0.267 e. The minimum Gasteiger partial charge on any atom is -0.493 e. The standard InChI is InChI=1S/C16H22N4O3/c1-20(2)8-7-18-11-12(10-17)16(21)19-13-5-6-14(22-3)15(9-13)23-4/h5-6,9,11,18H,7-8H2,1-4H3,(H,19,21)/b12-11-. The molecule has 0 aliphatic rings. The second-order valence-corrected chi connectivity index (χ2v) is 4.95. The molecule has 7 nitrogen and oxygen atoms in total. The zero-order valence-electron chi connectivity index (χ0n) is 13.8. The molecule has 0 fully saturated rings. The van der Waals surface area contributed by atoms with Crippen molar-refractivity contribution in [3.8, 4) is 17.6 Å². The molecule has 0 saturated carbocycles. The maximum absolute atomic E-state index is 12.1. The Balaban J connectivity index is 2.73. The van der Waals surface area contributed by atoms with Gasteiger partial charge in [-0.25, -0.2) is 0 Å². The first-order valence-corrected chi connectivity index (χ1v) is 7.03. The fourth-order valence-electron chi connectivity index (χ4n) is 1.72. The van der Waals surface area contributed by atoms with Crippen LogP contribution in [0.4, 0.5) is 5.69 Å². The number of amides is 1. The van der Waals surface area contributed by atoms with Gasteiger partial charge in [0.1, 0.15) is 11.6 Å². The summed E-state index contributed by atoms with van der Waals surface area (Å²) in [5.41, 5.74) is 0.514. The summed E-state index contributed by atoms with van der Waals surface area (Å²) >= 11 is 0. The number of carbonyl (C=O) groups is 1. The third kappa shape index (κ3) is 5.88. The summed E-state index contributed by atoms with van der Waals surface area (Å²) in [5.74, 6) is 0.570. The molecular weight excluding hydrogens is 296 g/mol. The molecule has 0 bridgehead atoms. The Morgan fingerprint density at radius 3 is 2.57 bits per heavy atom. The lowest BCUT2D eigenvalue weighted by molar-refractivity contribution is -0.112. The van der Waals surface area contributed by atoms with Crippen LogP contribution in [-0.4, -0.2) is 52.2 Å². The number of carbonyl (C=O) groups excluding carboxylic acids is 1. The molecule has 0 saturated heterocycles. The molecule has 7 heteroatoms. The molecule has 1 aromatic rings. The van der Waals surface area contributed by atoms with Crippen molar-refractivity contribution in [1.82, 2.24) is 10.2 Å². The van der Waals surface area contributed by atoms with Gasteiger partial charge in [-0.3, -0.25) is 4.79 Å². The number of rotatable bonds is 8. The van der Waals surface area contributed by atoms with Crippen molar-refractivity contribution in [3.63, 3.8) is 0 Å². The molecule has 0 unspecified atom stereocenters. The second kappa shape index (κ2) is 9.33. The first-order chi connectivity index (χ1) is 11.0. The van der Waals surface area contributed by atoms with Gasteiger partial charge in [0.25, 0.3) is 5.91 Å². The van der Waals surface area contributed by atoms with Gasteiger partial charge in [0.2, 0.25) is 0 Å². The van der Waals surface area contributed by atoms with Gasteiger partial charge in [0, 0.05) is 31.0 Å². The number of hydrogen-bond acceptors (Lipinski definition) is 6. The molecule has 0 atom stereocenters. The van der Waals surface area contributed by atoms with E-state index in [0.717, 1.165) is 6.54 Å². The van der Waals surface area contributed by atoms with Crippen molar-refractivity contribution in [1.29, 1.82) is 5.26 Å². The van der Waals surface area contributed by atoms with Crippen LogP contribution in [0.25, 0.3) is 0 Å². The molecule has 0 aromatic heterocycles. The van der Waals surface area contributed by atoms with Crippen LogP contribution < -0.4 is 20.1 Å². The van der Waals surface area contributed by atoms with Crippen LogP contribution >= 0.6 is 0 Å². The van der Waals surface area contributed by atoms with Crippen LogP contribution in [0.2, 0.25) is 0 Å². The lowest BCUT2D eigenvalue weighted by atomic mass is 10.2. The Morgan fingerprint density at radius 2 is 2.00 bits per heavy atom. The van der Waals surface area contributed by atoms with Crippen LogP contribution in [0, 0.1) is 11.3 Å². The van der Waals surface area contributed by atoms with Gasteiger partial charge < -0.3 is 25.0 Å². The maximum atomic E-state index is 12.1. The fraction of sp³-hybridized carbons (Fsp3) is 0.375. The van der Waals surface area contributed by atoms with Crippen molar-refractivity contribution in [2.45, 2.75) is 0 Å². The number of anilines is 1. The highest BCUT2D eigenvalue weighted by atomic mass is 16.5. The first kappa shape index (κ1) is 18.3. The number of ether oxygens (including phenoxy) is 2. The van der Waals surface area contributed by atoms with E-state index in [9.17, 15) is 4.79 Å². The molecule has 1 amide bonds. The molecular formula is C16H22N4O3. The molecule has 0 radical (unpaired) electrons. The zero-order chi connectivity index (χ0) is 17.2. The predicted octanol–water partition coefficient (Wildman–Crippen LogP) is 1.20. The second-order valence-electron chi connectivity index (χ2n) is 4.95. The Morgan fingerprint density at radius 1 is 1.30 bits per heavy atom. The van der Waals surface area contributed by atoms with E-state index >= 15 is 0 Å². The normalized spacial score (nSPS) is 10.9. The van der Waals surface area contributed by atoms with E-state index in [4.69, 9.17) is 14.7 Å². The Labute approximate surface area is 136 Å². The molecule has 0 aliphatic carbocycles. The van der Waals surface area contributed by atoms with Crippen LogP contribution in [0.15, 0.2) is 30.0 Å². The molecule has 1 rings (SSSR count). The minimum atomic E-state index is -0.489. The summed E-state index contributed by atoms with van der Waals surface area (Å²) in [5, 5.41) is 14.7. The number of likely N-dealkylation sites (N-methyl/N-ethyl adjacent to an activating group) is 1. The summed E-state index contributed by atoms with van der Waals surface area (Å²) in [6.07, 6.45) is 1.42. The largest absolute Gasteiger partial charge is 0.493 e. The van der Waals surface area contributed by atoms with E-state index in [2.05, 4.69) is 10.6 Å². The summed E-state index contributed by atoms with van der Waals surface area (Å²) < 4.78 is 10.3. The van der Waals surface area contributed by atoms with E-state index in [1.54, 1.807) is 18.2 Å². The number of nitrogens with one attached hydrogen (secondary N) is 2. The molecule has 0 spiro atoms. The Kier molecular flexibility index (Phi) is 7.43. The molecule has 0 aliphatic heterocycles. The van der Waals surface area contributed by atoms with Crippen molar-refractivity contribution in [2.75, 3.05) is 46.7 Å². The van der Waals surface area contributed by atoms with E-state index in [1.807, 2.05) is 25.1 Å². The van der Waals surface area contributed by atoms with Gasteiger partial charge in [-0.1, -0.05) is 0 Å². The Hall–Kier alpha value is -2.72. The number of hydrogen-bond donors (Lipinski definition) is 2. The number of methoxy groups -OCH3 is 2. The molecule has 1 aromatic carbocycles. The van der Waals surface area contributed by atoms with Gasteiger partial charge in [-0.15, -0.1) is 0 Å². The number of nitriles is 1. The quantitative estimate of drug-likeness (QED) is 0.425. The van der Waals surface area contributed by atoms with E-state index < -0.39 is 5.91 Å². The smallest absolute Gasteiger partial charge is 0.267 e. The Bertz CT molecular complexity index is 606. The van der Waals surface area contributed by atoms with Crippen LogP contribution in [0.1, 0.15) is 0 Å². The molecule has 23 heavy (non-hydrogen) atoms. The van der Waals surface area contributed by atoms with Gasteiger partial charge in [-0.2, -0.15) is 5.26 Å². The summed E-state index contributed by atoms with van der Waals surface area (Å²) in [4.78, 5) is 14.1. The predicted molar refractivity (Wildman–Crippen MR) is 88.4 cm³/mol. The van der Waals surface area contributed by atoms with Crippen molar-refractivity contribution < 1.29 is 14.3 Å². The zero-order valence-corrected chi connectivity index (χ0v) is 13.8. The summed E-state index contributed by atoms with van der Waals surface area (Å²) in [6, 6.07) is 6.86. The third-order valence-corrected chi connectivity index (χ3v) is 2.96. The van der Waals surface area contributed by atoms with Gasteiger partial charge in [0.05, 0.1) is 14.2 Å². The molecule has 124 valence electrons. The lowest BCUT2D eigenvalue weighted by Crippen LogP contribution is -2.24. The summed E-state index contributed by atoms with van der Waals surface area (Å²) in [7, 11) is 6.94. The SMILES string of the molecule is COc1ccc(NC(=O)/C(C#N)=C\NCCN(C)C)cc1OC. The highest BCUT2D eigenvalue weighted by Gasteiger charge is 2.11. The fourth-order valence-corrected chi connectivity index (χ4v) is 1.72. The average molecular weight is 318 g/mol.